The molecule has 25 heavy (non-hydrogen) atoms. The van der Waals surface area contributed by atoms with E-state index in [1.165, 1.54) is 24.3 Å². The maximum Gasteiger partial charge on any atom is 0.422 e. The summed E-state index contributed by atoms with van der Waals surface area (Å²) in [5, 5.41) is 13.4. The lowest BCUT2D eigenvalue weighted by molar-refractivity contribution is -0.385. The number of nitro groups is 1. The highest BCUT2D eigenvalue weighted by Crippen LogP contribution is 2.28. The van der Waals surface area contributed by atoms with Crippen LogP contribution >= 0.6 is 11.3 Å². The van der Waals surface area contributed by atoms with E-state index < -0.39 is 23.6 Å². The molecule has 0 aliphatic heterocycles. The van der Waals surface area contributed by atoms with Gasteiger partial charge >= 0.3 is 6.18 Å². The lowest BCUT2D eigenvalue weighted by Crippen LogP contribution is -2.22. The molecule has 1 heterocycles. The first kappa shape index (κ1) is 18.7. The van der Waals surface area contributed by atoms with Crippen molar-refractivity contribution in [2.45, 2.75) is 19.6 Å². The van der Waals surface area contributed by atoms with Crippen LogP contribution < -0.4 is 10.1 Å². The van der Waals surface area contributed by atoms with Gasteiger partial charge in [0.15, 0.2) is 6.61 Å². The number of carbonyl (C=O) groups is 1. The van der Waals surface area contributed by atoms with Gasteiger partial charge in [-0.2, -0.15) is 13.2 Å². The lowest BCUT2D eigenvalue weighted by Gasteiger charge is -2.10. The number of amides is 1. The SMILES string of the molecule is Cc1sc(C(=O)NCc2cccc(OCC(F)(F)F)c2)cc1[N+](=O)[O-]. The minimum absolute atomic E-state index is 0.0340. The highest BCUT2D eigenvalue weighted by atomic mass is 32.1. The number of thiophene rings is 1. The number of carbonyl (C=O) groups excluding carboxylic acids is 1. The molecule has 2 rings (SSSR count). The van der Waals surface area contributed by atoms with Crippen molar-refractivity contribution in [3.63, 3.8) is 0 Å². The van der Waals surface area contributed by atoms with Crippen LogP contribution in [0.15, 0.2) is 30.3 Å². The zero-order valence-electron chi connectivity index (χ0n) is 12.9. The molecule has 1 aromatic carbocycles. The third kappa shape index (κ3) is 5.45. The van der Waals surface area contributed by atoms with Crippen LogP contribution in [0.25, 0.3) is 0 Å². The molecule has 0 fully saturated rings. The molecule has 0 unspecified atom stereocenters. The van der Waals surface area contributed by atoms with Gasteiger partial charge in [-0.15, -0.1) is 11.3 Å². The van der Waals surface area contributed by atoms with Crippen LogP contribution in [0, 0.1) is 17.0 Å². The van der Waals surface area contributed by atoms with Gasteiger partial charge in [-0.3, -0.25) is 14.9 Å². The van der Waals surface area contributed by atoms with E-state index in [0.29, 0.717) is 10.4 Å². The molecule has 0 atom stereocenters. The smallest absolute Gasteiger partial charge is 0.422 e. The van der Waals surface area contributed by atoms with E-state index in [0.717, 1.165) is 11.3 Å². The van der Waals surface area contributed by atoms with E-state index in [9.17, 15) is 28.1 Å². The topological polar surface area (TPSA) is 81.5 Å². The molecule has 0 spiro atoms. The summed E-state index contributed by atoms with van der Waals surface area (Å²) in [4.78, 5) is 22.9. The number of halogens is 3. The molecule has 134 valence electrons. The fraction of sp³-hybridized carbons (Fsp3) is 0.267. The molecule has 6 nitrogen and oxygen atoms in total. The van der Waals surface area contributed by atoms with E-state index >= 15 is 0 Å². The average Bonchev–Trinajstić information content (AvgIpc) is 2.93. The zero-order chi connectivity index (χ0) is 18.6. The average molecular weight is 374 g/mol. The van der Waals surface area contributed by atoms with Gasteiger partial charge in [0.1, 0.15) is 5.75 Å². The van der Waals surface area contributed by atoms with Crippen molar-refractivity contribution < 1.29 is 27.6 Å². The zero-order valence-corrected chi connectivity index (χ0v) is 13.7. The van der Waals surface area contributed by atoms with Gasteiger partial charge in [-0.25, -0.2) is 0 Å². The van der Waals surface area contributed by atoms with Crippen molar-refractivity contribution >= 4 is 22.9 Å². The Morgan fingerprint density at radius 1 is 1.36 bits per heavy atom. The summed E-state index contributed by atoms with van der Waals surface area (Å²) in [6.07, 6.45) is -4.43. The molecule has 1 aromatic heterocycles. The van der Waals surface area contributed by atoms with Crippen molar-refractivity contribution in [1.29, 1.82) is 0 Å². The molecule has 0 saturated carbocycles. The third-order valence-electron chi connectivity index (χ3n) is 3.07. The molecule has 0 aliphatic rings. The predicted molar refractivity (Wildman–Crippen MR) is 84.9 cm³/mol. The predicted octanol–water partition coefficient (Wildman–Crippen LogP) is 3.84. The number of nitrogens with one attached hydrogen (secondary N) is 1. The standard InChI is InChI=1S/C15H13F3N2O4S/c1-9-12(20(22)23)6-13(25-9)14(21)19-7-10-3-2-4-11(5-10)24-8-15(16,17)18/h2-6H,7-8H2,1H3,(H,19,21). The Labute approximate surface area is 144 Å². The van der Waals surface area contributed by atoms with E-state index in [4.69, 9.17) is 0 Å². The van der Waals surface area contributed by atoms with Gasteiger partial charge in [-0.05, 0) is 24.6 Å². The third-order valence-corrected chi connectivity index (χ3v) is 4.10. The van der Waals surface area contributed by atoms with Crippen molar-refractivity contribution in [3.8, 4) is 5.75 Å². The fourth-order valence-corrected chi connectivity index (χ4v) is 2.85. The van der Waals surface area contributed by atoms with E-state index in [2.05, 4.69) is 10.1 Å². The van der Waals surface area contributed by atoms with Crippen LogP contribution in [0.5, 0.6) is 5.75 Å². The van der Waals surface area contributed by atoms with Crippen molar-refractivity contribution in [2.24, 2.45) is 0 Å². The number of benzene rings is 1. The number of rotatable bonds is 6. The summed E-state index contributed by atoms with van der Waals surface area (Å²) in [6.45, 7) is 0.189. The number of hydrogen-bond acceptors (Lipinski definition) is 5. The molecule has 2 aromatic rings. The fourth-order valence-electron chi connectivity index (χ4n) is 1.95. The van der Waals surface area contributed by atoms with E-state index in [1.54, 1.807) is 13.0 Å². The Morgan fingerprint density at radius 3 is 2.68 bits per heavy atom. The summed E-state index contributed by atoms with van der Waals surface area (Å²) < 4.78 is 41.1. The van der Waals surface area contributed by atoms with Crippen LogP contribution in [-0.4, -0.2) is 23.6 Å². The molecule has 10 heteroatoms. The Hall–Kier alpha value is -2.62. The molecule has 0 saturated heterocycles. The highest BCUT2D eigenvalue weighted by Gasteiger charge is 2.28. The van der Waals surface area contributed by atoms with Crippen molar-refractivity contribution in [3.05, 3.63) is 55.8 Å². The summed E-state index contributed by atoms with van der Waals surface area (Å²) in [5.41, 5.74) is 0.411. The van der Waals surface area contributed by atoms with Gasteiger partial charge in [0.05, 0.1) is 14.7 Å². The maximum atomic E-state index is 12.1. The molecular formula is C15H13F3N2O4S. The first-order valence-electron chi connectivity index (χ1n) is 6.97. The first-order chi connectivity index (χ1) is 11.7. The van der Waals surface area contributed by atoms with E-state index in [-0.39, 0.29) is 22.9 Å². The van der Waals surface area contributed by atoms with Crippen LogP contribution in [0.4, 0.5) is 18.9 Å². The normalized spacial score (nSPS) is 11.2. The van der Waals surface area contributed by atoms with Gasteiger partial charge in [0.25, 0.3) is 11.6 Å². The van der Waals surface area contributed by atoms with Crippen LogP contribution in [0.1, 0.15) is 20.1 Å². The van der Waals surface area contributed by atoms with Crippen LogP contribution in [-0.2, 0) is 6.54 Å². The molecule has 0 radical (unpaired) electrons. The number of nitrogens with zero attached hydrogens (tertiary/aromatic N) is 1. The number of ether oxygens (including phenoxy) is 1. The lowest BCUT2D eigenvalue weighted by atomic mass is 10.2. The Morgan fingerprint density at radius 2 is 2.08 bits per heavy atom. The summed E-state index contributed by atoms with van der Waals surface area (Å²) in [7, 11) is 0. The quantitative estimate of drug-likeness (QED) is 0.615. The molecule has 1 N–H and O–H groups in total. The second-order valence-electron chi connectivity index (χ2n) is 5.04. The molecular weight excluding hydrogens is 361 g/mol. The summed E-state index contributed by atoms with van der Waals surface area (Å²) >= 11 is 0.997. The Bertz CT molecular complexity index is 789. The largest absolute Gasteiger partial charge is 0.484 e. The van der Waals surface area contributed by atoms with Crippen molar-refractivity contribution in [1.82, 2.24) is 5.32 Å². The second kappa shape index (κ2) is 7.51. The highest BCUT2D eigenvalue weighted by molar-refractivity contribution is 7.14. The molecule has 0 aliphatic carbocycles. The second-order valence-corrected chi connectivity index (χ2v) is 6.30. The van der Waals surface area contributed by atoms with E-state index in [1.807, 2.05) is 0 Å². The van der Waals surface area contributed by atoms with Gasteiger partial charge in [0.2, 0.25) is 0 Å². The number of aryl methyl sites for hydroxylation is 1. The summed E-state index contributed by atoms with van der Waals surface area (Å²) in [6, 6.07) is 7.07. The molecule has 1 amide bonds. The van der Waals surface area contributed by atoms with Crippen LogP contribution in [0.3, 0.4) is 0 Å². The minimum Gasteiger partial charge on any atom is -0.484 e. The minimum atomic E-state index is -4.43. The van der Waals surface area contributed by atoms with Gasteiger partial charge < -0.3 is 10.1 Å². The molecule has 0 bridgehead atoms. The Balaban J connectivity index is 1.98. The van der Waals surface area contributed by atoms with Gasteiger partial charge in [0, 0.05) is 12.6 Å². The monoisotopic (exact) mass is 374 g/mol. The number of hydrogen-bond donors (Lipinski definition) is 1. The van der Waals surface area contributed by atoms with Crippen LogP contribution in [0.2, 0.25) is 0 Å². The first-order valence-corrected chi connectivity index (χ1v) is 7.79. The van der Waals surface area contributed by atoms with Gasteiger partial charge in [-0.1, -0.05) is 12.1 Å². The summed E-state index contributed by atoms with van der Waals surface area (Å²) in [5.74, 6) is -0.463. The van der Waals surface area contributed by atoms with Crippen molar-refractivity contribution in [2.75, 3.05) is 6.61 Å². The number of alkyl halides is 3. The maximum absolute atomic E-state index is 12.1. The Kier molecular flexibility index (Phi) is 5.62.